The summed E-state index contributed by atoms with van der Waals surface area (Å²) in [7, 11) is 0. The number of carboxylic acid groups (broad SMARTS) is 1. The number of ether oxygens (including phenoxy) is 2. The molecule has 0 aliphatic carbocycles. The number of benzene rings is 1. The minimum Gasteiger partial charge on any atom is -0.476 e. The van der Waals surface area contributed by atoms with Crippen molar-refractivity contribution in [3.05, 3.63) is 40.2 Å². The third kappa shape index (κ3) is 4.61. The number of aliphatic hydroxyl groups excluding tert-OH is 5. The second kappa shape index (κ2) is 9.66. The van der Waals surface area contributed by atoms with E-state index in [1.54, 1.807) is 6.92 Å². The minimum absolute atomic E-state index is 0.0392. The molecule has 0 radical (unpaired) electrons. The molecule has 1 aliphatic heterocycles. The molecule has 1 aromatic heterocycles. The predicted molar refractivity (Wildman–Crippen MR) is 112 cm³/mol. The van der Waals surface area contributed by atoms with Crippen LogP contribution in [-0.4, -0.2) is 91.5 Å². The number of carboxylic acids is 1. The van der Waals surface area contributed by atoms with E-state index in [0.29, 0.717) is 10.9 Å². The van der Waals surface area contributed by atoms with Crippen LogP contribution in [0, 0.1) is 6.92 Å². The summed E-state index contributed by atoms with van der Waals surface area (Å²) in [6.45, 7) is 1.76. The van der Waals surface area contributed by atoms with Crippen LogP contribution < -0.4 is 15.7 Å². The Kier molecular flexibility index (Phi) is 7.26. The van der Waals surface area contributed by atoms with E-state index in [4.69, 9.17) is 13.9 Å². The van der Waals surface area contributed by atoms with E-state index in [9.17, 15) is 45.0 Å². The van der Waals surface area contributed by atoms with E-state index in [0.717, 1.165) is 6.92 Å². The third-order valence-electron chi connectivity index (χ3n) is 5.52. The predicted octanol–water partition coefficient (Wildman–Crippen LogP) is -2.40. The molecule has 3 rings (SSSR count). The quantitative estimate of drug-likeness (QED) is 0.205. The largest absolute Gasteiger partial charge is 0.476 e. The average Bonchev–Trinajstić information content (AvgIpc) is 2.77. The summed E-state index contributed by atoms with van der Waals surface area (Å²) in [5, 5.41) is 63.5. The highest BCUT2D eigenvalue weighted by atomic mass is 16.7. The van der Waals surface area contributed by atoms with Gasteiger partial charge in [-0.2, -0.15) is 0 Å². The molecule has 0 saturated carbocycles. The normalized spacial score (nSPS) is 28.8. The number of aliphatic hydroxyl groups is 5. The molecule has 0 unspecified atom stereocenters. The third-order valence-corrected chi connectivity index (χ3v) is 5.52. The van der Waals surface area contributed by atoms with Gasteiger partial charge in [0.25, 0.3) is 0 Å². The molecule has 34 heavy (non-hydrogen) atoms. The molecular weight excluding hydrogens is 458 g/mol. The van der Waals surface area contributed by atoms with E-state index < -0.39 is 66.5 Å². The molecule has 1 amide bonds. The number of aliphatic carboxylic acids is 1. The maximum Gasteiger partial charge on any atom is 0.380 e. The van der Waals surface area contributed by atoms with Gasteiger partial charge in [0.15, 0.2) is 6.10 Å². The maximum atomic E-state index is 12.3. The van der Waals surface area contributed by atoms with Crippen LogP contribution in [0.4, 0.5) is 0 Å². The van der Waals surface area contributed by atoms with Gasteiger partial charge in [-0.3, -0.25) is 4.79 Å². The Labute approximate surface area is 191 Å². The van der Waals surface area contributed by atoms with Crippen LogP contribution >= 0.6 is 0 Å². The van der Waals surface area contributed by atoms with Crippen LogP contribution in [0.15, 0.2) is 33.5 Å². The smallest absolute Gasteiger partial charge is 0.380 e. The van der Waals surface area contributed by atoms with Crippen molar-refractivity contribution in [2.75, 3.05) is 6.61 Å². The van der Waals surface area contributed by atoms with Gasteiger partial charge in [-0.15, -0.1) is 0 Å². The summed E-state index contributed by atoms with van der Waals surface area (Å²) in [4.78, 5) is 35.6. The summed E-state index contributed by atoms with van der Waals surface area (Å²) in [6, 6.07) is 3.61. The van der Waals surface area contributed by atoms with Gasteiger partial charge in [-0.1, -0.05) is 0 Å². The number of rotatable bonds is 7. The van der Waals surface area contributed by atoms with Gasteiger partial charge in [0.1, 0.15) is 35.7 Å². The van der Waals surface area contributed by atoms with Crippen LogP contribution in [0.5, 0.6) is 5.75 Å². The lowest BCUT2D eigenvalue weighted by atomic mass is 9.86. The van der Waals surface area contributed by atoms with E-state index in [1.807, 2.05) is 0 Å². The number of nitrogens with one attached hydrogen (secondary N) is 1. The van der Waals surface area contributed by atoms with Gasteiger partial charge in [0, 0.05) is 24.4 Å². The zero-order chi connectivity index (χ0) is 25.4. The van der Waals surface area contributed by atoms with Crippen molar-refractivity contribution in [1.82, 2.24) is 5.32 Å². The average molecular weight is 483 g/mol. The minimum atomic E-state index is -3.03. The zero-order valence-electron chi connectivity index (χ0n) is 18.1. The van der Waals surface area contributed by atoms with Gasteiger partial charge < -0.3 is 49.8 Å². The molecule has 7 N–H and O–H groups in total. The van der Waals surface area contributed by atoms with E-state index in [-0.39, 0.29) is 11.3 Å². The number of hydrogen-bond donors (Lipinski definition) is 7. The monoisotopic (exact) mass is 483 g/mol. The summed E-state index contributed by atoms with van der Waals surface area (Å²) in [6.07, 6.45) is -10.1. The van der Waals surface area contributed by atoms with Crippen LogP contribution in [0.25, 0.3) is 11.0 Å². The fourth-order valence-corrected chi connectivity index (χ4v) is 3.82. The van der Waals surface area contributed by atoms with Crippen LogP contribution in [0.1, 0.15) is 12.5 Å². The molecule has 13 heteroatoms. The van der Waals surface area contributed by atoms with Crippen molar-refractivity contribution >= 4 is 22.8 Å². The first-order chi connectivity index (χ1) is 15.9. The van der Waals surface area contributed by atoms with Gasteiger partial charge in [-0.05, 0) is 24.6 Å². The van der Waals surface area contributed by atoms with E-state index in [1.165, 1.54) is 24.3 Å². The van der Waals surface area contributed by atoms with Gasteiger partial charge in [-0.25, -0.2) is 9.59 Å². The molecule has 1 saturated heterocycles. The van der Waals surface area contributed by atoms with E-state index in [2.05, 4.69) is 5.32 Å². The van der Waals surface area contributed by atoms with Gasteiger partial charge in [0.2, 0.25) is 5.91 Å². The van der Waals surface area contributed by atoms with Crippen LogP contribution in [0.3, 0.4) is 0 Å². The van der Waals surface area contributed by atoms with Crippen LogP contribution in [-0.2, 0) is 14.3 Å². The Bertz CT molecular complexity index is 1130. The second-order valence-corrected chi connectivity index (χ2v) is 7.97. The number of aryl methyl sites for hydroxylation is 1. The molecule has 0 bridgehead atoms. The first-order valence-corrected chi connectivity index (χ1v) is 10.2. The Morgan fingerprint density at radius 3 is 2.50 bits per heavy atom. The van der Waals surface area contributed by atoms with Crippen molar-refractivity contribution in [3.63, 3.8) is 0 Å². The van der Waals surface area contributed by atoms with Gasteiger partial charge >= 0.3 is 17.4 Å². The molecule has 1 aliphatic rings. The Hall–Kier alpha value is -3.07. The Balaban J connectivity index is 2.08. The highest BCUT2D eigenvalue weighted by molar-refractivity contribution is 5.82. The maximum absolute atomic E-state index is 12.3. The van der Waals surface area contributed by atoms with Gasteiger partial charge in [0.05, 0.1) is 12.6 Å². The SMILES string of the molecule is CC(=O)N[C@@H]1[C@@H](O)[C@H](O)[C@](Oc2ccc3c(C)cc(=O)oc3c2)(C(=O)O)O[C@H]1[C@H](O)[C@H](O)CO. The Morgan fingerprint density at radius 1 is 1.24 bits per heavy atom. The number of carbonyl (C=O) groups excluding carboxylic acids is 1. The zero-order valence-corrected chi connectivity index (χ0v) is 18.1. The second-order valence-electron chi connectivity index (χ2n) is 7.97. The number of amides is 1. The summed E-state index contributed by atoms with van der Waals surface area (Å²) in [5.41, 5.74) is -0.0504. The Morgan fingerprint density at radius 2 is 1.91 bits per heavy atom. The lowest BCUT2D eigenvalue weighted by Crippen LogP contribution is -2.75. The fourth-order valence-electron chi connectivity index (χ4n) is 3.82. The lowest BCUT2D eigenvalue weighted by molar-refractivity contribution is -0.322. The van der Waals surface area contributed by atoms with Crippen LogP contribution in [0.2, 0.25) is 0 Å². The van der Waals surface area contributed by atoms with Crippen molar-refractivity contribution in [2.24, 2.45) is 0 Å². The molecule has 7 atom stereocenters. The number of fused-ring (bicyclic) bond motifs is 1. The van der Waals surface area contributed by atoms with Crippen molar-refractivity contribution in [3.8, 4) is 5.75 Å². The summed E-state index contributed by atoms with van der Waals surface area (Å²) < 4.78 is 16.0. The molecule has 2 heterocycles. The molecule has 186 valence electrons. The molecule has 13 nitrogen and oxygen atoms in total. The molecule has 0 spiro atoms. The molecule has 1 aromatic carbocycles. The first kappa shape index (κ1) is 25.6. The highest BCUT2D eigenvalue weighted by Crippen LogP contribution is 2.36. The molecule has 1 fully saturated rings. The molecule has 2 aromatic rings. The first-order valence-electron chi connectivity index (χ1n) is 10.2. The van der Waals surface area contributed by atoms with Crippen molar-refractivity contribution < 1.29 is 54.1 Å². The van der Waals surface area contributed by atoms with E-state index >= 15 is 0 Å². The topological polar surface area (TPSA) is 216 Å². The standard InChI is InChI=1S/C21H25NO12/c1-8-5-14(26)32-13-6-10(3-4-11(8)13)33-21(20(30)31)19(29)17(28)15(22-9(2)24)18(34-21)16(27)12(25)7-23/h3-6,12,15-19,23,25,27-29H,7H2,1-2H3,(H,22,24)(H,30,31)/t12-,15-,16-,17-,18-,19+,21-/m1/s1. The summed E-state index contributed by atoms with van der Waals surface area (Å²) >= 11 is 0. The van der Waals surface area contributed by atoms with Crippen molar-refractivity contribution in [2.45, 2.75) is 56.2 Å². The highest BCUT2D eigenvalue weighted by Gasteiger charge is 2.63. The fraction of sp³-hybridized carbons (Fsp3) is 0.476. The number of carbonyl (C=O) groups is 2. The van der Waals surface area contributed by atoms with Crippen molar-refractivity contribution in [1.29, 1.82) is 0 Å². The number of hydrogen-bond acceptors (Lipinski definition) is 11. The summed E-state index contributed by atoms with van der Waals surface area (Å²) in [5.74, 6) is -5.92. The lowest BCUT2D eigenvalue weighted by Gasteiger charge is -2.48. The molecular formula is C21H25NO12.